The maximum absolute atomic E-state index is 12.8. The maximum Gasteiger partial charge on any atom is 0.255 e. The van der Waals surface area contributed by atoms with E-state index in [1.807, 2.05) is 42.1 Å². The molecule has 1 atom stereocenters. The molecule has 5 heteroatoms. The quantitative estimate of drug-likeness (QED) is 0.840. The topological polar surface area (TPSA) is 49.3 Å². The Morgan fingerprint density at radius 2 is 2.12 bits per heavy atom. The highest BCUT2D eigenvalue weighted by Gasteiger charge is 2.27. The van der Waals surface area contributed by atoms with Crippen molar-refractivity contribution >= 4 is 11.7 Å². The van der Waals surface area contributed by atoms with Crippen molar-refractivity contribution in [3.63, 3.8) is 0 Å². The summed E-state index contributed by atoms with van der Waals surface area (Å²) < 4.78 is 0. The molecule has 1 fully saturated rings. The second-order valence-corrected chi connectivity index (χ2v) is 6.81. The van der Waals surface area contributed by atoms with Crippen molar-refractivity contribution in [3.8, 4) is 0 Å². The van der Waals surface area contributed by atoms with Gasteiger partial charge in [-0.2, -0.15) is 0 Å². The average Bonchev–Trinajstić information content (AvgIpc) is 2.67. The first-order chi connectivity index (χ1) is 12.1. The number of carbonyl (C=O) groups excluding carboxylic acids is 1. The highest BCUT2D eigenvalue weighted by Crippen LogP contribution is 2.23. The van der Waals surface area contributed by atoms with Crippen LogP contribution >= 0.6 is 0 Å². The Labute approximate surface area is 149 Å². The number of nitrogens with zero attached hydrogens (tertiary/aromatic N) is 4. The molecule has 0 bridgehead atoms. The normalized spacial score (nSPS) is 17.4. The lowest BCUT2D eigenvalue weighted by atomic mass is 9.96. The van der Waals surface area contributed by atoms with Crippen molar-refractivity contribution < 1.29 is 4.79 Å². The number of carbonyl (C=O) groups is 1. The Kier molecular flexibility index (Phi) is 5.64. The minimum atomic E-state index is 0.104. The standard InChI is InChI=1S/C20H26N4O/c1-23(2)19-10-5-8-17(22-19)11-12-18-9-3-4-14-24(18)20(25)16-7-6-13-21-15-16/h5-8,10,13,15,18H,3-4,9,11-12,14H2,1-2H3. The summed E-state index contributed by atoms with van der Waals surface area (Å²) in [6, 6.07) is 10.1. The van der Waals surface area contributed by atoms with Crippen molar-refractivity contribution in [2.75, 3.05) is 25.5 Å². The van der Waals surface area contributed by atoms with Crippen molar-refractivity contribution in [2.45, 2.75) is 38.1 Å². The molecule has 0 spiro atoms. The van der Waals surface area contributed by atoms with Gasteiger partial charge >= 0.3 is 0 Å². The molecule has 3 rings (SSSR count). The van der Waals surface area contributed by atoms with Gasteiger partial charge in [0.05, 0.1) is 5.56 Å². The molecular formula is C20H26N4O. The number of amides is 1. The summed E-state index contributed by atoms with van der Waals surface area (Å²) in [5.41, 5.74) is 1.77. The second kappa shape index (κ2) is 8.10. The third-order valence-electron chi connectivity index (χ3n) is 4.78. The number of likely N-dealkylation sites (tertiary alicyclic amines) is 1. The Hall–Kier alpha value is -2.43. The fourth-order valence-electron chi connectivity index (χ4n) is 3.39. The summed E-state index contributed by atoms with van der Waals surface area (Å²) in [5.74, 6) is 1.08. The van der Waals surface area contributed by atoms with E-state index in [0.717, 1.165) is 43.7 Å². The number of rotatable bonds is 5. The third-order valence-corrected chi connectivity index (χ3v) is 4.78. The van der Waals surface area contributed by atoms with E-state index in [-0.39, 0.29) is 11.9 Å². The lowest BCUT2D eigenvalue weighted by Crippen LogP contribution is -2.44. The van der Waals surface area contributed by atoms with Crippen LogP contribution in [-0.2, 0) is 6.42 Å². The summed E-state index contributed by atoms with van der Waals surface area (Å²) in [6.45, 7) is 0.837. The molecule has 1 aliphatic heterocycles. The Bertz CT molecular complexity index is 702. The predicted molar refractivity (Wildman–Crippen MR) is 99.8 cm³/mol. The van der Waals surface area contributed by atoms with Crippen molar-refractivity contribution in [3.05, 3.63) is 54.0 Å². The maximum atomic E-state index is 12.8. The van der Waals surface area contributed by atoms with Crippen LogP contribution in [0.2, 0.25) is 0 Å². The molecule has 1 aliphatic rings. The van der Waals surface area contributed by atoms with Crippen LogP contribution in [0.25, 0.3) is 0 Å². The number of hydrogen-bond donors (Lipinski definition) is 0. The minimum absolute atomic E-state index is 0.104. The smallest absolute Gasteiger partial charge is 0.255 e. The van der Waals surface area contributed by atoms with E-state index >= 15 is 0 Å². The molecule has 5 nitrogen and oxygen atoms in total. The Balaban J connectivity index is 1.67. The molecule has 0 aliphatic carbocycles. The molecular weight excluding hydrogens is 312 g/mol. The first-order valence-corrected chi connectivity index (χ1v) is 8.99. The highest BCUT2D eigenvalue weighted by atomic mass is 16.2. The number of anilines is 1. The first-order valence-electron chi connectivity index (χ1n) is 8.99. The third kappa shape index (κ3) is 4.35. The van der Waals surface area contributed by atoms with Crippen molar-refractivity contribution in [2.24, 2.45) is 0 Å². The number of piperidine rings is 1. The zero-order valence-electron chi connectivity index (χ0n) is 15.1. The van der Waals surface area contributed by atoms with Gasteiger partial charge in [-0.05, 0) is 56.4 Å². The molecule has 2 aromatic heterocycles. The van der Waals surface area contributed by atoms with Crippen molar-refractivity contribution in [1.29, 1.82) is 0 Å². The van der Waals surface area contributed by atoms with Crippen LogP contribution in [-0.4, -0.2) is 47.5 Å². The van der Waals surface area contributed by atoms with Crippen molar-refractivity contribution in [1.82, 2.24) is 14.9 Å². The van der Waals surface area contributed by atoms with Crippen LogP contribution in [0.4, 0.5) is 5.82 Å². The summed E-state index contributed by atoms with van der Waals surface area (Å²) in [7, 11) is 4.00. The van der Waals surface area contributed by atoms with E-state index in [1.165, 1.54) is 6.42 Å². The van der Waals surface area contributed by atoms with E-state index in [1.54, 1.807) is 12.4 Å². The largest absolute Gasteiger partial charge is 0.363 e. The minimum Gasteiger partial charge on any atom is -0.363 e. The number of pyridine rings is 2. The van der Waals surface area contributed by atoms with Gasteiger partial charge in [0.2, 0.25) is 0 Å². The van der Waals surface area contributed by atoms with Crippen LogP contribution in [0, 0.1) is 0 Å². The van der Waals surface area contributed by atoms with Gasteiger partial charge in [-0.25, -0.2) is 4.98 Å². The van der Waals surface area contributed by atoms with Gasteiger partial charge in [-0.3, -0.25) is 9.78 Å². The van der Waals surface area contributed by atoms with E-state index in [4.69, 9.17) is 4.98 Å². The van der Waals surface area contributed by atoms with Crippen LogP contribution in [0.3, 0.4) is 0 Å². The predicted octanol–water partition coefficient (Wildman–Crippen LogP) is 3.17. The highest BCUT2D eigenvalue weighted by molar-refractivity contribution is 5.94. The SMILES string of the molecule is CN(C)c1cccc(CCC2CCCCN2C(=O)c2cccnc2)n1. The molecule has 2 aromatic rings. The molecule has 3 heterocycles. The van der Waals surface area contributed by atoms with Gasteiger partial charge in [0.25, 0.3) is 5.91 Å². The van der Waals surface area contributed by atoms with E-state index in [0.29, 0.717) is 5.56 Å². The summed E-state index contributed by atoms with van der Waals surface area (Å²) in [6.07, 6.45) is 8.55. The number of aryl methyl sites for hydroxylation is 1. The fourth-order valence-corrected chi connectivity index (χ4v) is 3.39. The first kappa shape index (κ1) is 17.4. The summed E-state index contributed by atoms with van der Waals surface area (Å²) in [5, 5.41) is 0. The van der Waals surface area contributed by atoms with Gasteiger partial charge in [-0.15, -0.1) is 0 Å². The summed E-state index contributed by atoms with van der Waals surface area (Å²) >= 11 is 0. The van der Waals surface area contributed by atoms with E-state index in [2.05, 4.69) is 17.1 Å². The van der Waals surface area contributed by atoms with E-state index in [9.17, 15) is 4.79 Å². The molecule has 1 saturated heterocycles. The molecule has 0 aromatic carbocycles. The lowest BCUT2D eigenvalue weighted by Gasteiger charge is -2.36. The van der Waals surface area contributed by atoms with Gasteiger partial charge in [-0.1, -0.05) is 6.07 Å². The molecule has 0 saturated carbocycles. The Morgan fingerprint density at radius 1 is 1.24 bits per heavy atom. The summed E-state index contributed by atoms with van der Waals surface area (Å²) in [4.78, 5) is 25.7. The molecule has 1 unspecified atom stereocenters. The molecule has 0 N–H and O–H groups in total. The average molecular weight is 338 g/mol. The zero-order chi connectivity index (χ0) is 17.6. The van der Waals surface area contributed by atoms with Crippen LogP contribution in [0.15, 0.2) is 42.7 Å². The number of hydrogen-bond acceptors (Lipinski definition) is 4. The van der Waals surface area contributed by atoms with Gasteiger partial charge < -0.3 is 9.80 Å². The molecule has 1 amide bonds. The molecule has 0 radical (unpaired) electrons. The van der Waals surface area contributed by atoms with Crippen LogP contribution in [0.5, 0.6) is 0 Å². The zero-order valence-corrected chi connectivity index (χ0v) is 15.1. The van der Waals surface area contributed by atoms with Gasteiger partial charge in [0.1, 0.15) is 5.82 Å². The number of aromatic nitrogens is 2. The van der Waals surface area contributed by atoms with Gasteiger partial charge in [0.15, 0.2) is 0 Å². The lowest BCUT2D eigenvalue weighted by molar-refractivity contribution is 0.0601. The fraction of sp³-hybridized carbons (Fsp3) is 0.450. The van der Waals surface area contributed by atoms with Crippen LogP contribution < -0.4 is 4.90 Å². The van der Waals surface area contributed by atoms with E-state index < -0.39 is 0 Å². The Morgan fingerprint density at radius 3 is 2.88 bits per heavy atom. The monoisotopic (exact) mass is 338 g/mol. The molecule has 25 heavy (non-hydrogen) atoms. The molecule has 132 valence electrons. The van der Waals surface area contributed by atoms with Gasteiger partial charge in [0, 0.05) is 44.8 Å². The van der Waals surface area contributed by atoms with Crippen LogP contribution in [0.1, 0.15) is 41.7 Å². The second-order valence-electron chi connectivity index (χ2n) is 6.81.